The molecule has 0 amide bonds. The van der Waals surface area contributed by atoms with Gasteiger partial charge in [-0.1, -0.05) is 6.08 Å². The Balaban J connectivity index is 1.90. The van der Waals surface area contributed by atoms with Gasteiger partial charge in [0.1, 0.15) is 30.0 Å². The molecule has 1 aliphatic carbocycles. The maximum Gasteiger partial charge on any atom is 0.226 e. The molecule has 5 atom stereocenters. The first-order chi connectivity index (χ1) is 7.64. The minimum Gasteiger partial charge on any atom is -0.384 e. The Labute approximate surface area is 93.9 Å². The number of epoxide rings is 2. The fraction of sp³-hybridized carbons (Fsp3) is 0.818. The van der Waals surface area contributed by atoms with Crippen molar-refractivity contribution in [3.05, 3.63) is 12.7 Å². The van der Waals surface area contributed by atoms with E-state index in [1.807, 2.05) is 0 Å². The highest BCUT2D eigenvalue weighted by atomic mass is 16.8. The summed E-state index contributed by atoms with van der Waals surface area (Å²) in [6.45, 7) is 3.65. The van der Waals surface area contributed by atoms with Gasteiger partial charge in [0.25, 0.3) is 0 Å². The minimum absolute atomic E-state index is 0.254. The Kier molecular flexibility index (Phi) is 2.04. The van der Waals surface area contributed by atoms with E-state index < -0.39 is 11.4 Å². The molecule has 3 fully saturated rings. The molecule has 0 aromatic heterocycles. The average molecular weight is 228 g/mol. The highest BCUT2D eigenvalue weighted by Crippen LogP contribution is 2.59. The summed E-state index contributed by atoms with van der Waals surface area (Å²) in [6.07, 6.45) is 1.07. The Morgan fingerprint density at radius 3 is 2.06 bits per heavy atom. The molecule has 1 N–H and O–H groups in total. The zero-order chi connectivity index (χ0) is 11.6. The van der Waals surface area contributed by atoms with Gasteiger partial charge in [0.2, 0.25) is 5.79 Å². The zero-order valence-corrected chi connectivity index (χ0v) is 9.38. The number of hydrogen-bond acceptors (Lipinski definition) is 5. The lowest BCUT2D eigenvalue weighted by Gasteiger charge is -2.34. The van der Waals surface area contributed by atoms with Crippen LogP contribution in [-0.4, -0.2) is 55.1 Å². The summed E-state index contributed by atoms with van der Waals surface area (Å²) in [5, 5.41) is 10.5. The fourth-order valence-electron chi connectivity index (χ4n) is 2.93. The lowest BCUT2D eigenvalue weighted by atomic mass is 9.79. The fourth-order valence-corrected chi connectivity index (χ4v) is 2.93. The lowest BCUT2D eigenvalue weighted by Crippen LogP contribution is -2.58. The quantitative estimate of drug-likeness (QED) is 0.411. The van der Waals surface area contributed by atoms with Gasteiger partial charge in [-0.25, -0.2) is 0 Å². The summed E-state index contributed by atoms with van der Waals surface area (Å²) >= 11 is 0. The van der Waals surface area contributed by atoms with Crippen molar-refractivity contribution in [2.24, 2.45) is 0 Å². The standard InChI is InChI=1S/C11H16O5/c1-4-5-10(12)6-8(15-6)11(13-2,14-3)9-7(10)16-9/h4,6-9,12H,1,5H2,2-3H3/t6-,7+,8+,9-,10?. The average Bonchev–Trinajstić information content (AvgIpc) is 3.13. The molecule has 0 radical (unpaired) electrons. The van der Waals surface area contributed by atoms with Crippen LogP contribution < -0.4 is 0 Å². The van der Waals surface area contributed by atoms with Crippen LogP contribution in [0.25, 0.3) is 0 Å². The SMILES string of the molecule is C=CCC1(O)[C@@H]2O[C@@H]2C(OC)(OC)[C@@H]2O[C@@H]21. The number of ether oxygens (including phenoxy) is 4. The lowest BCUT2D eigenvalue weighted by molar-refractivity contribution is -0.233. The maximum atomic E-state index is 10.5. The number of aliphatic hydroxyl groups is 1. The molecule has 3 rings (SSSR count). The summed E-state index contributed by atoms with van der Waals surface area (Å²) < 4.78 is 21.8. The van der Waals surface area contributed by atoms with Gasteiger partial charge in [-0.05, 0) is 6.42 Å². The van der Waals surface area contributed by atoms with E-state index in [1.165, 1.54) is 0 Å². The molecule has 2 heterocycles. The first-order valence-electron chi connectivity index (χ1n) is 5.38. The van der Waals surface area contributed by atoms with Gasteiger partial charge in [0, 0.05) is 14.2 Å². The van der Waals surface area contributed by atoms with E-state index in [1.54, 1.807) is 20.3 Å². The molecule has 1 unspecified atom stereocenters. The van der Waals surface area contributed by atoms with Gasteiger partial charge in [-0.2, -0.15) is 0 Å². The molecule has 16 heavy (non-hydrogen) atoms. The molecule has 2 saturated heterocycles. The van der Waals surface area contributed by atoms with Crippen LogP contribution in [0.3, 0.4) is 0 Å². The van der Waals surface area contributed by atoms with E-state index in [9.17, 15) is 5.11 Å². The molecule has 90 valence electrons. The second kappa shape index (κ2) is 3.05. The topological polar surface area (TPSA) is 63.8 Å². The summed E-state index contributed by atoms with van der Waals surface area (Å²) in [5.41, 5.74) is -0.975. The Bertz CT molecular complexity index is 304. The molecule has 3 aliphatic rings. The largest absolute Gasteiger partial charge is 0.384 e. The Morgan fingerprint density at radius 2 is 1.69 bits per heavy atom. The van der Waals surface area contributed by atoms with E-state index in [0.29, 0.717) is 6.42 Å². The molecule has 0 aromatic rings. The van der Waals surface area contributed by atoms with Crippen LogP contribution in [-0.2, 0) is 18.9 Å². The van der Waals surface area contributed by atoms with Crippen molar-refractivity contribution in [2.75, 3.05) is 14.2 Å². The third-order valence-electron chi connectivity index (χ3n) is 3.87. The van der Waals surface area contributed by atoms with Crippen LogP contribution in [0.1, 0.15) is 6.42 Å². The molecular weight excluding hydrogens is 212 g/mol. The normalized spacial score (nSPS) is 51.4. The van der Waals surface area contributed by atoms with Crippen molar-refractivity contribution < 1.29 is 24.1 Å². The van der Waals surface area contributed by atoms with Crippen molar-refractivity contribution >= 4 is 0 Å². The summed E-state index contributed by atoms with van der Waals surface area (Å²) in [7, 11) is 3.14. The van der Waals surface area contributed by atoms with Crippen molar-refractivity contribution in [1.29, 1.82) is 0 Å². The second-order valence-electron chi connectivity index (χ2n) is 4.57. The Morgan fingerprint density at radius 1 is 1.19 bits per heavy atom. The molecule has 0 spiro atoms. The van der Waals surface area contributed by atoms with Gasteiger partial charge in [0.15, 0.2) is 0 Å². The van der Waals surface area contributed by atoms with E-state index in [4.69, 9.17) is 18.9 Å². The number of methoxy groups -OCH3 is 2. The van der Waals surface area contributed by atoms with Crippen molar-refractivity contribution in [3.63, 3.8) is 0 Å². The predicted octanol–water partition coefficient (Wildman–Crippen LogP) is -0.169. The molecular formula is C11H16O5. The monoisotopic (exact) mass is 228 g/mol. The van der Waals surface area contributed by atoms with Crippen LogP contribution >= 0.6 is 0 Å². The van der Waals surface area contributed by atoms with Gasteiger partial charge in [-0.15, -0.1) is 6.58 Å². The van der Waals surface area contributed by atoms with E-state index >= 15 is 0 Å². The van der Waals surface area contributed by atoms with Crippen LogP contribution in [0.5, 0.6) is 0 Å². The van der Waals surface area contributed by atoms with Crippen molar-refractivity contribution in [1.82, 2.24) is 0 Å². The predicted molar refractivity (Wildman–Crippen MR) is 53.8 cm³/mol. The van der Waals surface area contributed by atoms with Crippen molar-refractivity contribution in [2.45, 2.75) is 42.2 Å². The number of hydrogen-bond donors (Lipinski definition) is 1. The molecule has 5 nitrogen and oxygen atoms in total. The molecule has 1 saturated carbocycles. The highest BCUT2D eigenvalue weighted by molar-refractivity contribution is 5.27. The summed E-state index contributed by atoms with van der Waals surface area (Å²) in [6, 6.07) is 0. The Hall–Kier alpha value is -0.460. The first-order valence-corrected chi connectivity index (χ1v) is 5.38. The van der Waals surface area contributed by atoms with Gasteiger partial charge in [0.05, 0.1) is 0 Å². The van der Waals surface area contributed by atoms with Crippen molar-refractivity contribution in [3.8, 4) is 0 Å². The number of fused-ring (bicyclic) bond motifs is 2. The maximum absolute atomic E-state index is 10.5. The number of rotatable bonds is 4. The zero-order valence-electron chi connectivity index (χ0n) is 9.38. The van der Waals surface area contributed by atoms with Gasteiger partial charge >= 0.3 is 0 Å². The molecule has 2 aliphatic heterocycles. The minimum atomic E-state index is -0.975. The van der Waals surface area contributed by atoms with E-state index in [0.717, 1.165) is 0 Å². The van der Waals surface area contributed by atoms with E-state index in [-0.39, 0.29) is 24.4 Å². The highest BCUT2D eigenvalue weighted by Gasteiger charge is 2.82. The second-order valence-corrected chi connectivity index (χ2v) is 4.57. The third kappa shape index (κ3) is 1.03. The molecule has 0 aromatic carbocycles. The van der Waals surface area contributed by atoms with Crippen LogP contribution in [0, 0.1) is 0 Å². The van der Waals surface area contributed by atoms with Crippen LogP contribution in [0.4, 0.5) is 0 Å². The smallest absolute Gasteiger partial charge is 0.226 e. The third-order valence-corrected chi connectivity index (χ3v) is 3.87. The van der Waals surface area contributed by atoms with Gasteiger partial charge in [-0.3, -0.25) is 0 Å². The van der Waals surface area contributed by atoms with Crippen LogP contribution in [0.2, 0.25) is 0 Å². The molecule has 5 heteroatoms. The van der Waals surface area contributed by atoms with E-state index in [2.05, 4.69) is 6.58 Å². The summed E-state index contributed by atoms with van der Waals surface area (Å²) in [4.78, 5) is 0. The first kappa shape index (κ1) is 10.7. The van der Waals surface area contributed by atoms with Crippen LogP contribution in [0.15, 0.2) is 12.7 Å². The molecule has 0 bridgehead atoms. The summed E-state index contributed by atoms with van der Waals surface area (Å²) in [5.74, 6) is -0.858. The van der Waals surface area contributed by atoms with Gasteiger partial charge < -0.3 is 24.1 Å².